The first-order valence-electron chi connectivity index (χ1n) is 7.47. The normalized spacial score (nSPS) is 12.0. The Morgan fingerprint density at radius 3 is 2.05 bits per heavy atom. The van der Waals surface area contributed by atoms with Gasteiger partial charge in [0, 0.05) is 26.8 Å². The summed E-state index contributed by atoms with van der Waals surface area (Å²) in [5.41, 5.74) is -0.949. The number of methoxy groups -OCH3 is 1. The number of aliphatic carboxylic acids is 1. The second kappa shape index (κ2) is 8.87. The van der Waals surface area contributed by atoms with Crippen LogP contribution in [0.2, 0.25) is 0 Å². The number of nitrogens with one attached hydrogen (secondary N) is 2. The molecule has 0 aromatic heterocycles. The number of carbonyl (C=O) groups excluding carboxylic acids is 1. The maximum absolute atomic E-state index is 11.8. The molecule has 3 N–H and O–H groups in total. The molecule has 0 aromatic carbocycles. The van der Waals surface area contributed by atoms with Crippen LogP contribution in [-0.4, -0.2) is 43.9 Å². The maximum atomic E-state index is 11.8. The van der Waals surface area contributed by atoms with E-state index in [1.807, 2.05) is 27.7 Å². The first-order valence-corrected chi connectivity index (χ1v) is 7.47. The van der Waals surface area contributed by atoms with Gasteiger partial charge in [0.2, 0.25) is 0 Å². The van der Waals surface area contributed by atoms with Crippen LogP contribution in [-0.2, 0) is 9.53 Å². The summed E-state index contributed by atoms with van der Waals surface area (Å²) >= 11 is 0. The standard InChI is InChI=1S/C15H30N2O4/c1-6-15(7-2,12(18)19)11-17-13(20)16-10-14(3,4)8-9-21-5/h6-11H2,1-5H3,(H,18,19)(H2,16,17,20). The zero-order chi connectivity index (χ0) is 16.5. The Morgan fingerprint density at radius 2 is 1.62 bits per heavy atom. The zero-order valence-electron chi connectivity index (χ0n) is 13.9. The fourth-order valence-electron chi connectivity index (χ4n) is 1.98. The second-order valence-corrected chi connectivity index (χ2v) is 6.24. The van der Waals surface area contributed by atoms with E-state index in [4.69, 9.17) is 4.74 Å². The van der Waals surface area contributed by atoms with Gasteiger partial charge in [-0.1, -0.05) is 27.7 Å². The van der Waals surface area contributed by atoms with Gasteiger partial charge in [-0.05, 0) is 24.7 Å². The Labute approximate surface area is 127 Å². The summed E-state index contributed by atoms with van der Waals surface area (Å²) in [6.45, 7) is 9.04. The van der Waals surface area contributed by atoms with E-state index in [1.54, 1.807) is 7.11 Å². The summed E-state index contributed by atoms with van der Waals surface area (Å²) in [6, 6.07) is -0.326. The number of amides is 2. The zero-order valence-corrected chi connectivity index (χ0v) is 13.9. The third kappa shape index (κ3) is 6.80. The second-order valence-electron chi connectivity index (χ2n) is 6.24. The van der Waals surface area contributed by atoms with Gasteiger partial charge < -0.3 is 20.5 Å². The Hall–Kier alpha value is -1.30. The fourth-order valence-corrected chi connectivity index (χ4v) is 1.98. The summed E-state index contributed by atoms with van der Waals surface area (Å²) in [5.74, 6) is -0.867. The molecule has 0 aliphatic carbocycles. The van der Waals surface area contributed by atoms with Gasteiger partial charge in [0.1, 0.15) is 0 Å². The van der Waals surface area contributed by atoms with Crippen LogP contribution in [0.25, 0.3) is 0 Å². The number of carbonyl (C=O) groups is 2. The summed E-state index contributed by atoms with van der Waals surface area (Å²) in [6.07, 6.45) is 1.81. The molecule has 6 heteroatoms. The highest BCUT2D eigenvalue weighted by atomic mass is 16.5. The molecule has 0 radical (unpaired) electrons. The lowest BCUT2D eigenvalue weighted by Gasteiger charge is -2.28. The number of urea groups is 1. The van der Waals surface area contributed by atoms with Crippen molar-refractivity contribution in [2.24, 2.45) is 10.8 Å². The van der Waals surface area contributed by atoms with E-state index >= 15 is 0 Å². The van der Waals surface area contributed by atoms with Gasteiger partial charge in [-0.25, -0.2) is 4.79 Å². The van der Waals surface area contributed by atoms with Gasteiger partial charge in [0.25, 0.3) is 0 Å². The quantitative estimate of drug-likeness (QED) is 0.577. The van der Waals surface area contributed by atoms with Crippen LogP contribution in [0.1, 0.15) is 47.0 Å². The molecular weight excluding hydrogens is 272 g/mol. The number of rotatable bonds is 10. The number of ether oxygens (including phenoxy) is 1. The average Bonchev–Trinajstić information content (AvgIpc) is 2.44. The van der Waals surface area contributed by atoms with Crippen molar-refractivity contribution in [1.82, 2.24) is 10.6 Å². The maximum Gasteiger partial charge on any atom is 0.314 e. The fraction of sp³-hybridized carbons (Fsp3) is 0.867. The molecule has 0 aliphatic heterocycles. The van der Waals surface area contributed by atoms with Crippen molar-refractivity contribution < 1.29 is 19.4 Å². The molecule has 0 saturated carbocycles. The molecule has 124 valence electrons. The van der Waals surface area contributed by atoms with Crippen molar-refractivity contribution in [2.45, 2.75) is 47.0 Å². The highest BCUT2D eigenvalue weighted by Gasteiger charge is 2.35. The van der Waals surface area contributed by atoms with Crippen molar-refractivity contribution in [1.29, 1.82) is 0 Å². The molecule has 0 aliphatic rings. The summed E-state index contributed by atoms with van der Waals surface area (Å²) in [5, 5.41) is 14.8. The lowest BCUT2D eigenvalue weighted by atomic mass is 9.82. The Morgan fingerprint density at radius 1 is 1.10 bits per heavy atom. The molecule has 0 bridgehead atoms. The van der Waals surface area contributed by atoms with Gasteiger partial charge in [-0.15, -0.1) is 0 Å². The van der Waals surface area contributed by atoms with E-state index in [0.29, 0.717) is 26.0 Å². The van der Waals surface area contributed by atoms with E-state index in [1.165, 1.54) is 0 Å². The predicted octanol–water partition coefficient (Wildman–Crippen LogP) is 2.24. The van der Waals surface area contributed by atoms with Crippen molar-refractivity contribution in [3.05, 3.63) is 0 Å². The minimum absolute atomic E-state index is 0.0627. The van der Waals surface area contributed by atoms with Crippen molar-refractivity contribution in [3.63, 3.8) is 0 Å². The highest BCUT2D eigenvalue weighted by Crippen LogP contribution is 2.25. The predicted molar refractivity (Wildman–Crippen MR) is 82.3 cm³/mol. The van der Waals surface area contributed by atoms with Crippen LogP contribution >= 0.6 is 0 Å². The molecule has 2 amide bonds. The van der Waals surface area contributed by atoms with Crippen LogP contribution in [0, 0.1) is 10.8 Å². The molecular formula is C15H30N2O4. The van der Waals surface area contributed by atoms with Gasteiger partial charge in [-0.2, -0.15) is 0 Å². The smallest absolute Gasteiger partial charge is 0.314 e. The van der Waals surface area contributed by atoms with Crippen molar-refractivity contribution in [3.8, 4) is 0 Å². The largest absolute Gasteiger partial charge is 0.481 e. The van der Waals surface area contributed by atoms with Gasteiger partial charge in [-0.3, -0.25) is 4.79 Å². The van der Waals surface area contributed by atoms with E-state index < -0.39 is 11.4 Å². The molecule has 0 fully saturated rings. The molecule has 0 aromatic rings. The lowest BCUT2D eigenvalue weighted by molar-refractivity contribution is -0.149. The molecule has 6 nitrogen and oxygen atoms in total. The molecule has 21 heavy (non-hydrogen) atoms. The van der Waals surface area contributed by atoms with Crippen LogP contribution in [0.4, 0.5) is 4.79 Å². The first kappa shape index (κ1) is 19.7. The Balaban J connectivity index is 4.29. The van der Waals surface area contributed by atoms with Crippen LogP contribution in [0.15, 0.2) is 0 Å². The Kier molecular flexibility index (Phi) is 8.32. The number of carboxylic acids is 1. The van der Waals surface area contributed by atoms with Crippen molar-refractivity contribution in [2.75, 3.05) is 26.8 Å². The molecule has 0 heterocycles. The van der Waals surface area contributed by atoms with Crippen molar-refractivity contribution >= 4 is 12.0 Å². The Bertz CT molecular complexity index is 339. The molecule has 0 saturated heterocycles. The SMILES string of the molecule is CCC(CC)(CNC(=O)NCC(C)(C)CCOC)C(=O)O. The van der Waals surface area contributed by atoms with Crippen LogP contribution < -0.4 is 10.6 Å². The van der Waals surface area contributed by atoms with Gasteiger partial charge in [0.15, 0.2) is 0 Å². The van der Waals surface area contributed by atoms with Crippen LogP contribution in [0.3, 0.4) is 0 Å². The minimum atomic E-state index is -0.886. The molecule has 0 rings (SSSR count). The third-order valence-electron chi connectivity index (χ3n) is 4.11. The van der Waals surface area contributed by atoms with E-state index in [2.05, 4.69) is 10.6 Å². The molecule has 0 spiro atoms. The number of carboxylic acid groups (broad SMARTS) is 1. The van der Waals surface area contributed by atoms with Gasteiger partial charge in [0.05, 0.1) is 5.41 Å². The first-order chi connectivity index (χ1) is 9.73. The minimum Gasteiger partial charge on any atom is -0.481 e. The van der Waals surface area contributed by atoms with Gasteiger partial charge >= 0.3 is 12.0 Å². The summed E-state index contributed by atoms with van der Waals surface area (Å²) in [4.78, 5) is 23.2. The van der Waals surface area contributed by atoms with E-state index in [9.17, 15) is 14.7 Å². The van der Waals surface area contributed by atoms with E-state index in [0.717, 1.165) is 6.42 Å². The molecule has 0 atom stereocenters. The number of hydrogen-bond donors (Lipinski definition) is 3. The summed E-state index contributed by atoms with van der Waals surface area (Å²) in [7, 11) is 1.65. The third-order valence-corrected chi connectivity index (χ3v) is 4.11. The monoisotopic (exact) mass is 302 g/mol. The topological polar surface area (TPSA) is 87.7 Å². The highest BCUT2D eigenvalue weighted by molar-refractivity contribution is 5.78. The average molecular weight is 302 g/mol. The summed E-state index contributed by atoms with van der Waals surface area (Å²) < 4.78 is 5.04. The van der Waals surface area contributed by atoms with E-state index in [-0.39, 0.29) is 18.0 Å². The lowest BCUT2D eigenvalue weighted by Crippen LogP contribution is -2.47. The number of hydrogen-bond acceptors (Lipinski definition) is 3. The molecule has 0 unspecified atom stereocenters. The van der Waals surface area contributed by atoms with Crippen LogP contribution in [0.5, 0.6) is 0 Å².